The molecular formula is C19H25F2NO. The fraction of sp³-hybridized carbons (Fsp3) is 0.632. The number of benzene rings is 1. The fourth-order valence-corrected chi connectivity index (χ4v) is 4.35. The molecule has 1 aromatic carbocycles. The third kappa shape index (κ3) is 2.88. The van der Waals surface area contributed by atoms with E-state index in [-0.39, 0.29) is 17.7 Å². The maximum absolute atomic E-state index is 14.0. The van der Waals surface area contributed by atoms with E-state index in [2.05, 4.69) is 6.92 Å². The number of anilines is 1. The van der Waals surface area contributed by atoms with E-state index in [9.17, 15) is 13.6 Å². The molecule has 0 aromatic heterocycles. The Morgan fingerprint density at radius 1 is 1.22 bits per heavy atom. The number of aryl methyl sites for hydroxylation is 1. The second kappa shape index (κ2) is 5.88. The Balaban J connectivity index is 1.85. The monoisotopic (exact) mass is 321 g/mol. The topological polar surface area (TPSA) is 20.3 Å². The second-order valence-electron chi connectivity index (χ2n) is 7.21. The van der Waals surface area contributed by atoms with Crippen LogP contribution in [-0.4, -0.2) is 18.4 Å². The molecule has 2 aliphatic rings. The van der Waals surface area contributed by atoms with Gasteiger partial charge in [0.2, 0.25) is 5.91 Å². The molecule has 1 aromatic rings. The van der Waals surface area contributed by atoms with Gasteiger partial charge in [-0.1, -0.05) is 32.0 Å². The van der Waals surface area contributed by atoms with Gasteiger partial charge < -0.3 is 4.90 Å². The van der Waals surface area contributed by atoms with Gasteiger partial charge in [0.15, 0.2) is 0 Å². The first-order valence-corrected chi connectivity index (χ1v) is 8.67. The number of nitrogens with zero attached hydrogens (tertiary/aromatic N) is 1. The highest BCUT2D eigenvalue weighted by molar-refractivity contribution is 5.97. The molecule has 1 spiro atoms. The maximum atomic E-state index is 14.0. The van der Waals surface area contributed by atoms with Crippen molar-refractivity contribution < 1.29 is 13.6 Å². The molecule has 1 aliphatic carbocycles. The summed E-state index contributed by atoms with van der Waals surface area (Å²) < 4.78 is 28.1. The summed E-state index contributed by atoms with van der Waals surface area (Å²) in [6, 6.07) is 7.94. The number of amides is 1. The predicted octanol–water partition coefficient (Wildman–Crippen LogP) is 4.82. The summed E-state index contributed by atoms with van der Waals surface area (Å²) in [5, 5.41) is 0. The summed E-state index contributed by atoms with van der Waals surface area (Å²) in [4.78, 5) is 14.5. The average molecular weight is 321 g/mol. The van der Waals surface area contributed by atoms with Crippen molar-refractivity contribution in [3.05, 3.63) is 29.8 Å². The van der Waals surface area contributed by atoms with Crippen molar-refractivity contribution in [2.45, 2.75) is 58.3 Å². The molecule has 1 aliphatic heterocycles. The van der Waals surface area contributed by atoms with E-state index in [1.165, 1.54) is 0 Å². The molecule has 23 heavy (non-hydrogen) atoms. The molecule has 0 unspecified atom stereocenters. The molecule has 1 heterocycles. The van der Waals surface area contributed by atoms with Gasteiger partial charge in [0.1, 0.15) is 0 Å². The molecule has 2 nitrogen and oxygen atoms in total. The average Bonchev–Trinajstić information content (AvgIpc) is 2.86. The first kappa shape index (κ1) is 16.4. The van der Waals surface area contributed by atoms with Gasteiger partial charge in [-0.25, -0.2) is 8.78 Å². The van der Waals surface area contributed by atoms with E-state index in [1.54, 1.807) is 0 Å². The van der Waals surface area contributed by atoms with Gasteiger partial charge in [-0.2, -0.15) is 0 Å². The third-order valence-electron chi connectivity index (χ3n) is 5.74. The van der Waals surface area contributed by atoms with Crippen molar-refractivity contribution in [1.82, 2.24) is 0 Å². The van der Waals surface area contributed by atoms with Crippen molar-refractivity contribution in [3.8, 4) is 0 Å². The van der Waals surface area contributed by atoms with Gasteiger partial charge >= 0.3 is 0 Å². The Bertz CT molecular complexity index is 601. The van der Waals surface area contributed by atoms with E-state index in [0.717, 1.165) is 17.7 Å². The van der Waals surface area contributed by atoms with Crippen molar-refractivity contribution in [2.75, 3.05) is 11.4 Å². The van der Waals surface area contributed by atoms with Crippen LogP contribution in [0.15, 0.2) is 24.3 Å². The summed E-state index contributed by atoms with van der Waals surface area (Å²) in [6.45, 7) is 4.50. The van der Waals surface area contributed by atoms with Crippen molar-refractivity contribution in [2.24, 2.45) is 11.3 Å². The maximum Gasteiger partial charge on any atom is 0.250 e. The summed E-state index contributed by atoms with van der Waals surface area (Å²) in [5.74, 6) is -3.07. The van der Waals surface area contributed by atoms with Gasteiger partial charge in [0.05, 0.1) is 0 Å². The number of rotatable bonds is 3. The van der Waals surface area contributed by atoms with Gasteiger partial charge in [0, 0.05) is 31.0 Å². The van der Waals surface area contributed by atoms with E-state index >= 15 is 0 Å². The standard InChI is InChI=1S/C19H25F2NO/c1-3-14-7-5-6-8-16(14)22-13-18(12-17(22)23)9-10-19(20,21)15(4-2)11-18/h5-8,15H,3-4,9-13H2,1-2H3/t15-,18-/m1/s1. The number of carbonyl (C=O) groups is 1. The van der Waals surface area contributed by atoms with E-state index < -0.39 is 11.8 Å². The molecule has 4 heteroatoms. The Hall–Kier alpha value is -1.45. The van der Waals surface area contributed by atoms with Crippen LogP contribution in [0.4, 0.5) is 14.5 Å². The molecule has 1 amide bonds. The zero-order valence-corrected chi connectivity index (χ0v) is 13.9. The van der Waals surface area contributed by atoms with Crippen LogP contribution in [0, 0.1) is 11.3 Å². The van der Waals surface area contributed by atoms with Gasteiger partial charge in [-0.05, 0) is 42.7 Å². The van der Waals surface area contributed by atoms with Gasteiger partial charge in [0.25, 0.3) is 5.92 Å². The van der Waals surface area contributed by atoms with Crippen LogP contribution in [0.3, 0.4) is 0 Å². The lowest BCUT2D eigenvalue weighted by molar-refractivity contribution is -0.125. The Morgan fingerprint density at radius 3 is 2.65 bits per heavy atom. The lowest BCUT2D eigenvalue weighted by Crippen LogP contribution is -2.42. The van der Waals surface area contributed by atoms with Crippen LogP contribution in [0.5, 0.6) is 0 Å². The summed E-state index contributed by atoms with van der Waals surface area (Å²) in [5.41, 5.74) is 1.84. The number of halogens is 2. The van der Waals surface area contributed by atoms with E-state index in [0.29, 0.717) is 32.2 Å². The summed E-state index contributed by atoms with van der Waals surface area (Å²) >= 11 is 0. The van der Waals surface area contributed by atoms with Crippen LogP contribution in [-0.2, 0) is 11.2 Å². The summed E-state index contributed by atoms with van der Waals surface area (Å²) in [6.07, 6.45) is 2.59. The van der Waals surface area contributed by atoms with Crippen LogP contribution >= 0.6 is 0 Å². The van der Waals surface area contributed by atoms with Crippen LogP contribution < -0.4 is 4.90 Å². The molecule has 2 fully saturated rings. The highest BCUT2D eigenvalue weighted by Gasteiger charge is 2.54. The quantitative estimate of drug-likeness (QED) is 0.782. The zero-order valence-electron chi connectivity index (χ0n) is 13.9. The third-order valence-corrected chi connectivity index (χ3v) is 5.74. The zero-order chi connectivity index (χ0) is 16.7. The number of para-hydroxylation sites is 1. The Labute approximate surface area is 136 Å². The minimum Gasteiger partial charge on any atom is -0.312 e. The van der Waals surface area contributed by atoms with E-state index in [1.807, 2.05) is 36.1 Å². The van der Waals surface area contributed by atoms with Crippen LogP contribution in [0.2, 0.25) is 0 Å². The molecular weight excluding hydrogens is 296 g/mol. The van der Waals surface area contributed by atoms with Crippen molar-refractivity contribution in [1.29, 1.82) is 0 Å². The molecule has 1 saturated carbocycles. The highest BCUT2D eigenvalue weighted by atomic mass is 19.3. The number of carbonyl (C=O) groups excluding carboxylic acids is 1. The first-order chi connectivity index (χ1) is 10.9. The minimum absolute atomic E-state index is 0.0813. The molecule has 0 N–H and O–H groups in total. The fourth-order valence-electron chi connectivity index (χ4n) is 4.35. The van der Waals surface area contributed by atoms with Crippen molar-refractivity contribution in [3.63, 3.8) is 0 Å². The second-order valence-corrected chi connectivity index (χ2v) is 7.21. The predicted molar refractivity (Wildman–Crippen MR) is 87.8 cm³/mol. The molecule has 3 rings (SSSR count). The minimum atomic E-state index is -2.57. The SMILES string of the molecule is CCc1ccccc1N1C[C@@]2(CCC(F)(F)[C@H](CC)C2)CC1=O. The lowest BCUT2D eigenvalue weighted by atomic mass is 9.66. The Kier molecular flexibility index (Phi) is 4.19. The van der Waals surface area contributed by atoms with Crippen LogP contribution in [0.1, 0.15) is 51.5 Å². The molecule has 126 valence electrons. The molecule has 0 radical (unpaired) electrons. The number of hydrogen-bond acceptors (Lipinski definition) is 1. The number of hydrogen-bond donors (Lipinski definition) is 0. The van der Waals surface area contributed by atoms with E-state index in [4.69, 9.17) is 0 Å². The Morgan fingerprint density at radius 2 is 1.96 bits per heavy atom. The normalized spacial score (nSPS) is 30.2. The smallest absolute Gasteiger partial charge is 0.250 e. The lowest BCUT2D eigenvalue weighted by Gasteiger charge is -2.41. The largest absolute Gasteiger partial charge is 0.312 e. The van der Waals surface area contributed by atoms with Gasteiger partial charge in [-0.3, -0.25) is 4.79 Å². The molecule has 1 saturated heterocycles. The highest BCUT2D eigenvalue weighted by Crippen LogP contribution is 2.53. The first-order valence-electron chi connectivity index (χ1n) is 8.67. The molecule has 0 bridgehead atoms. The van der Waals surface area contributed by atoms with Crippen LogP contribution in [0.25, 0.3) is 0 Å². The number of alkyl halides is 2. The summed E-state index contributed by atoms with van der Waals surface area (Å²) in [7, 11) is 0. The molecule has 2 atom stereocenters. The van der Waals surface area contributed by atoms with Gasteiger partial charge in [-0.15, -0.1) is 0 Å². The van der Waals surface area contributed by atoms with Crippen molar-refractivity contribution >= 4 is 11.6 Å².